The molecule has 0 N–H and O–H groups in total. The summed E-state index contributed by atoms with van der Waals surface area (Å²) in [5, 5.41) is 0.727. The van der Waals surface area contributed by atoms with Crippen LogP contribution in [0.4, 0.5) is 13.2 Å². The van der Waals surface area contributed by atoms with E-state index in [1.54, 1.807) is 18.2 Å². The Morgan fingerprint density at radius 3 is 2.25 bits per heavy atom. The Balaban J connectivity index is 2.73. The van der Waals surface area contributed by atoms with Gasteiger partial charge in [0.05, 0.1) is 10.8 Å². The van der Waals surface area contributed by atoms with Gasteiger partial charge in [0.2, 0.25) is 0 Å². The van der Waals surface area contributed by atoms with E-state index in [2.05, 4.69) is 0 Å². The average molecular weight is 248 g/mol. The van der Waals surface area contributed by atoms with Crippen molar-refractivity contribution in [2.24, 2.45) is 0 Å². The van der Waals surface area contributed by atoms with Crippen LogP contribution in [0.15, 0.2) is 46.7 Å². The van der Waals surface area contributed by atoms with E-state index >= 15 is 0 Å². The number of ketones is 1. The molecule has 0 bridgehead atoms. The van der Waals surface area contributed by atoms with E-state index < -0.39 is 22.8 Å². The third kappa shape index (κ3) is 3.62. The van der Waals surface area contributed by atoms with Crippen molar-refractivity contribution in [3.05, 3.63) is 41.8 Å². The number of halogens is 3. The van der Waals surface area contributed by atoms with Crippen LogP contribution in [-0.4, -0.2) is 16.2 Å². The predicted molar refractivity (Wildman–Crippen MR) is 53.1 cm³/mol. The largest absolute Gasteiger partial charge is 0.454 e. The van der Waals surface area contributed by atoms with Crippen LogP contribution in [0.5, 0.6) is 0 Å². The topological polar surface area (TPSA) is 34.1 Å². The maximum Gasteiger partial charge on any atom is 0.454 e. The van der Waals surface area contributed by atoms with Crippen LogP contribution in [0, 0.1) is 0 Å². The summed E-state index contributed by atoms with van der Waals surface area (Å²) >= 11 is 0. The van der Waals surface area contributed by atoms with Crippen molar-refractivity contribution in [1.82, 2.24) is 0 Å². The van der Waals surface area contributed by atoms with Gasteiger partial charge in [0.25, 0.3) is 5.78 Å². The summed E-state index contributed by atoms with van der Waals surface area (Å²) in [5.74, 6) is -2.02. The molecule has 0 fully saturated rings. The third-order valence-electron chi connectivity index (χ3n) is 1.60. The molecule has 0 saturated carbocycles. The first-order chi connectivity index (χ1) is 7.41. The molecule has 1 aromatic rings. The fourth-order valence-corrected chi connectivity index (χ4v) is 1.68. The lowest BCUT2D eigenvalue weighted by atomic mass is 10.4. The molecule has 0 amide bonds. The Bertz CT molecular complexity index is 423. The zero-order chi connectivity index (χ0) is 12.2. The standard InChI is InChI=1S/C10H7F3O2S/c11-10(12,13)9(14)6-7-16(15)8-4-2-1-3-5-8/h1-7H/b7-6+. The highest BCUT2D eigenvalue weighted by Crippen LogP contribution is 2.17. The van der Waals surface area contributed by atoms with Crippen LogP contribution >= 0.6 is 0 Å². The first-order valence-corrected chi connectivity index (χ1v) is 5.37. The highest BCUT2D eigenvalue weighted by molar-refractivity contribution is 7.88. The minimum Gasteiger partial charge on any atom is -0.285 e. The molecular formula is C10H7F3O2S. The van der Waals surface area contributed by atoms with Gasteiger partial charge >= 0.3 is 6.18 Å². The van der Waals surface area contributed by atoms with E-state index in [1.807, 2.05) is 0 Å². The SMILES string of the molecule is O=C(/C=C/S(=O)c1ccccc1)C(F)(F)F. The normalized spacial score (nSPS) is 13.9. The molecule has 16 heavy (non-hydrogen) atoms. The minimum absolute atomic E-state index is 0.281. The Morgan fingerprint density at radius 2 is 1.75 bits per heavy atom. The van der Waals surface area contributed by atoms with Gasteiger partial charge in [-0.25, -0.2) is 4.21 Å². The van der Waals surface area contributed by atoms with Gasteiger partial charge in [0.1, 0.15) is 0 Å². The fraction of sp³-hybridized carbons (Fsp3) is 0.100. The molecule has 1 atom stereocenters. The van der Waals surface area contributed by atoms with Crippen molar-refractivity contribution in [3.8, 4) is 0 Å². The smallest absolute Gasteiger partial charge is 0.285 e. The van der Waals surface area contributed by atoms with Crippen LogP contribution in [0.25, 0.3) is 0 Å². The van der Waals surface area contributed by atoms with Gasteiger partial charge in [0.15, 0.2) is 0 Å². The monoisotopic (exact) mass is 248 g/mol. The van der Waals surface area contributed by atoms with E-state index in [0.29, 0.717) is 4.90 Å². The second-order valence-corrected chi connectivity index (χ2v) is 4.11. The van der Waals surface area contributed by atoms with Crippen LogP contribution in [0.2, 0.25) is 0 Å². The maximum absolute atomic E-state index is 11.8. The predicted octanol–water partition coefficient (Wildman–Crippen LogP) is 2.44. The molecule has 0 aliphatic rings. The van der Waals surface area contributed by atoms with Crippen LogP contribution < -0.4 is 0 Å². The van der Waals surface area contributed by atoms with Gasteiger partial charge in [-0.2, -0.15) is 13.2 Å². The third-order valence-corrected chi connectivity index (χ3v) is 2.72. The van der Waals surface area contributed by atoms with E-state index in [0.717, 1.165) is 5.41 Å². The van der Waals surface area contributed by atoms with Gasteiger partial charge in [-0.15, -0.1) is 0 Å². The molecule has 0 aliphatic heterocycles. The van der Waals surface area contributed by atoms with Crippen molar-refractivity contribution >= 4 is 16.6 Å². The molecule has 0 heterocycles. The summed E-state index contributed by atoms with van der Waals surface area (Å²) in [5.41, 5.74) is 0. The van der Waals surface area contributed by atoms with Crippen LogP contribution in [0.3, 0.4) is 0 Å². The lowest BCUT2D eigenvalue weighted by molar-refractivity contribution is -0.165. The van der Waals surface area contributed by atoms with Gasteiger partial charge in [0, 0.05) is 10.3 Å². The summed E-state index contributed by atoms with van der Waals surface area (Å²) in [6.07, 6.45) is -4.64. The van der Waals surface area contributed by atoms with Gasteiger partial charge in [-0.3, -0.25) is 4.79 Å². The summed E-state index contributed by atoms with van der Waals surface area (Å²) < 4.78 is 46.8. The van der Waals surface area contributed by atoms with E-state index in [9.17, 15) is 22.2 Å². The molecule has 0 spiro atoms. The Morgan fingerprint density at radius 1 is 1.19 bits per heavy atom. The first-order valence-electron chi connectivity index (χ1n) is 4.16. The molecule has 0 radical (unpaired) electrons. The number of hydrogen-bond donors (Lipinski definition) is 0. The molecular weight excluding hydrogens is 241 g/mol. The van der Waals surface area contributed by atoms with Crippen LogP contribution in [-0.2, 0) is 15.6 Å². The minimum atomic E-state index is -4.92. The molecule has 1 aromatic carbocycles. The highest BCUT2D eigenvalue weighted by atomic mass is 32.2. The Hall–Kier alpha value is -1.43. The Kier molecular flexibility index (Phi) is 4.00. The molecule has 0 saturated heterocycles. The van der Waals surface area contributed by atoms with E-state index in [1.165, 1.54) is 12.1 Å². The van der Waals surface area contributed by atoms with Gasteiger partial charge in [-0.05, 0) is 18.2 Å². The van der Waals surface area contributed by atoms with Crippen molar-refractivity contribution in [3.63, 3.8) is 0 Å². The number of hydrogen-bond acceptors (Lipinski definition) is 2. The highest BCUT2D eigenvalue weighted by Gasteiger charge is 2.36. The number of alkyl halides is 3. The summed E-state index contributed by atoms with van der Waals surface area (Å²) in [6, 6.07) is 7.89. The first kappa shape index (κ1) is 12.6. The van der Waals surface area contributed by atoms with Crippen LogP contribution in [0.1, 0.15) is 0 Å². The van der Waals surface area contributed by atoms with E-state index in [-0.39, 0.29) is 6.08 Å². The average Bonchev–Trinajstić information content (AvgIpc) is 2.25. The fourth-order valence-electron chi connectivity index (χ4n) is 0.851. The van der Waals surface area contributed by atoms with Gasteiger partial charge in [-0.1, -0.05) is 18.2 Å². The number of benzene rings is 1. The van der Waals surface area contributed by atoms with Crippen molar-refractivity contribution in [2.75, 3.05) is 0 Å². The zero-order valence-electron chi connectivity index (χ0n) is 7.90. The quantitative estimate of drug-likeness (QED) is 0.770. The summed E-state index contributed by atoms with van der Waals surface area (Å²) in [6.45, 7) is 0. The summed E-state index contributed by atoms with van der Waals surface area (Å²) in [7, 11) is -1.74. The maximum atomic E-state index is 11.8. The molecule has 0 aliphatic carbocycles. The second-order valence-electron chi connectivity index (χ2n) is 2.78. The molecule has 6 heteroatoms. The Labute approximate surface area is 92.2 Å². The number of carbonyl (C=O) groups excluding carboxylic acids is 1. The molecule has 1 unspecified atom stereocenters. The van der Waals surface area contributed by atoms with E-state index in [4.69, 9.17) is 0 Å². The number of allylic oxidation sites excluding steroid dienone is 1. The molecule has 1 rings (SSSR count). The summed E-state index contributed by atoms with van der Waals surface area (Å²) in [4.78, 5) is 10.8. The lowest BCUT2D eigenvalue weighted by Gasteiger charge is -1.99. The van der Waals surface area contributed by atoms with Crippen molar-refractivity contribution < 1.29 is 22.2 Å². The molecule has 86 valence electrons. The van der Waals surface area contributed by atoms with Gasteiger partial charge < -0.3 is 0 Å². The zero-order valence-corrected chi connectivity index (χ0v) is 8.72. The lowest BCUT2D eigenvalue weighted by Crippen LogP contribution is -2.20. The molecule has 2 nitrogen and oxygen atoms in total. The number of rotatable bonds is 3. The van der Waals surface area contributed by atoms with Crippen molar-refractivity contribution in [2.45, 2.75) is 11.1 Å². The number of carbonyl (C=O) groups is 1. The second kappa shape index (κ2) is 5.07. The van der Waals surface area contributed by atoms with Crippen molar-refractivity contribution in [1.29, 1.82) is 0 Å². The molecule has 0 aromatic heterocycles.